The van der Waals surface area contributed by atoms with Gasteiger partial charge >= 0.3 is 12.4 Å². The molecule has 0 amide bonds. The molecule has 288 valence electrons. The van der Waals surface area contributed by atoms with Gasteiger partial charge in [0.15, 0.2) is 0 Å². The van der Waals surface area contributed by atoms with Crippen molar-refractivity contribution in [2.45, 2.75) is 69.6 Å². The molecule has 2 heterocycles. The molecule has 9 heteroatoms. The van der Waals surface area contributed by atoms with Gasteiger partial charge in [-0.05, 0) is 109 Å². The van der Waals surface area contributed by atoms with Crippen molar-refractivity contribution >= 4 is 29.2 Å². The Labute approximate surface area is 330 Å². The molecule has 9 rings (SSSR count). The van der Waals surface area contributed by atoms with Gasteiger partial charge in [0.05, 0.1) is 17.2 Å². The molecule has 2 nitrogen and oxygen atoms in total. The Morgan fingerprint density at radius 1 is 0.702 bits per heavy atom. The van der Waals surface area contributed by atoms with Gasteiger partial charge in [0.25, 0.3) is 0 Å². The van der Waals surface area contributed by atoms with Gasteiger partial charge in [0.2, 0.25) is 6.71 Å². The second-order valence-electron chi connectivity index (χ2n) is 16.4. The topological polar surface area (TPSA) is 6.48 Å². The molecule has 0 aromatic heterocycles. The van der Waals surface area contributed by atoms with E-state index in [9.17, 15) is 26.3 Å². The van der Waals surface area contributed by atoms with E-state index in [1.807, 2.05) is 18.2 Å². The molecule has 0 radical (unpaired) electrons. The summed E-state index contributed by atoms with van der Waals surface area (Å²) in [6, 6.07) is 25.2. The Bertz CT molecular complexity index is 2450. The molecule has 0 spiro atoms. The fourth-order valence-corrected chi connectivity index (χ4v) is 10.3. The summed E-state index contributed by atoms with van der Waals surface area (Å²) >= 11 is 0. The fourth-order valence-electron chi connectivity index (χ4n) is 10.3. The number of halogens is 6. The van der Waals surface area contributed by atoms with Crippen molar-refractivity contribution in [1.82, 2.24) is 0 Å². The van der Waals surface area contributed by atoms with Crippen LogP contribution in [0.5, 0.6) is 0 Å². The van der Waals surface area contributed by atoms with Gasteiger partial charge in [-0.1, -0.05) is 110 Å². The number of para-hydroxylation sites is 1. The van der Waals surface area contributed by atoms with Crippen LogP contribution < -0.4 is 15.3 Å². The monoisotopic (exact) mass is 770 g/mol. The number of fused-ring (bicyclic) bond motifs is 4. The minimum Gasteiger partial charge on any atom is -0.334 e. The lowest BCUT2D eigenvalue weighted by molar-refractivity contribution is -0.138. The molecule has 3 aliphatic carbocycles. The summed E-state index contributed by atoms with van der Waals surface area (Å²) in [6.07, 6.45) is 9.55. The highest BCUT2D eigenvalue weighted by Gasteiger charge is 2.59. The summed E-state index contributed by atoms with van der Waals surface area (Å²) in [6.45, 7) is 8.82. The van der Waals surface area contributed by atoms with E-state index in [0.29, 0.717) is 5.56 Å². The summed E-state index contributed by atoms with van der Waals surface area (Å²) < 4.78 is 82.1. The summed E-state index contributed by atoms with van der Waals surface area (Å²) in [5.41, 5.74) is 9.69. The summed E-state index contributed by atoms with van der Waals surface area (Å²) in [5, 5.41) is -0.413. The maximum absolute atomic E-state index is 13.7. The fraction of sp³-hybridized carbons (Fsp3) is 0.250. The van der Waals surface area contributed by atoms with Crippen LogP contribution >= 0.6 is 0 Å². The van der Waals surface area contributed by atoms with Gasteiger partial charge in [-0.2, -0.15) is 26.3 Å². The van der Waals surface area contributed by atoms with Gasteiger partial charge in [0, 0.05) is 39.9 Å². The molecule has 4 aromatic rings. The van der Waals surface area contributed by atoms with Crippen molar-refractivity contribution in [3.63, 3.8) is 0 Å². The van der Waals surface area contributed by atoms with Crippen LogP contribution in [0.25, 0.3) is 11.1 Å². The number of hydrogen-bond donors (Lipinski definition) is 0. The first-order valence-electron chi connectivity index (χ1n) is 19.4. The maximum Gasteiger partial charge on any atom is 0.416 e. The molecule has 0 bridgehead atoms. The molecule has 0 saturated heterocycles. The Kier molecular flexibility index (Phi) is 8.68. The zero-order valence-corrected chi connectivity index (χ0v) is 32.0. The SMILES string of the molecule is CC1=CC2(C)B3c4c(cccc4N(c4ccccc4-c4ccc(C(F)(F)F)cc4)C2C=C1)N(C1=CC=CC(C)C1c1ccc(C(F)(F)F)cc1)C1=CC=C(C)CC31. The lowest BCUT2D eigenvalue weighted by Gasteiger charge is -2.59. The van der Waals surface area contributed by atoms with E-state index in [0.717, 1.165) is 58.0 Å². The molecule has 0 saturated carbocycles. The van der Waals surface area contributed by atoms with Crippen LogP contribution in [-0.4, -0.2) is 12.8 Å². The Morgan fingerprint density at radius 3 is 2.05 bits per heavy atom. The highest BCUT2D eigenvalue weighted by atomic mass is 19.4. The number of hydrogen-bond acceptors (Lipinski definition) is 2. The lowest BCUT2D eigenvalue weighted by atomic mass is 9.19. The highest BCUT2D eigenvalue weighted by Crippen LogP contribution is 2.60. The van der Waals surface area contributed by atoms with Gasteiger partial charge in [-0.15, -0.1) is 0 Å². The Balaban J connectivity index is 1.27. The standard InChI is InChI=1S/C48H41BF6N2/c1-29-15-25-39-37(27-29)49-45-41(56(39)40-12-7-9-31(3)44(40)33-19-23-35(24-20-33)48(53,54)55)13-8-14-42(45)57(43-26-16-30(2)28-46(43,49)4)38-11-6-5-10-36(38)32-17-21-34(22-18-32)47(50,51)52/h5-26,28,31,37,43-44H,27H2,1-4H3. The number of nitrogens with zero attached hydrogens (tertiary/aromatic N) is 2. The summed E-state index contributed by atoms with van der Waals surface area (Å²) in [5.74, 6) is -0.141. The first-order valence-corrected chi connectivity index (χ1v) is 19.4. The van der Waals surface area contributed by atoms with Gasteiger partial charge in [0.1, 0.15) is 0 Å². The minimum atomic E-state index is -4.44. The number of benzene rings is 4. The molecule has 2 aliphatic heterocycles. The van der Waals surface area contributed by atoms with Crippen LogP contribution in [0.4, 0.5) is 43.4 Å². The smallest absolute Gasteiger partial charge is 0.334 e. The van der Waals surface area contributed by atoms with Crippen LogP contribution in [0.2, 0.25) is 11.1 Å². The van der Waals surface area contributed by atoms with Gasteiger partial charge < -0.3 is 9.80 Å². The maximum atomic E-state index is 13.7. The van der Waals surface area contributed by atoms with Crippen LogP contribution in [0.1, 0.15) is 56.7 Å². The van der Waals surface area contributed by atoms with Crippen LogP contribution in [0.3, 0.4) is 0 Å². The molecule has 5 atom stereocenters. The van der Waals surface area contributed by atoms with Crippen LogP contribution in [-0.2, 0) is 12.4 Å². The number of rotatable bonds is 4. The largest absolute Gasteiger partial charge is 0.416 e. The first kappa shape index (κ1) is 37.2. The Hall–Kier alpha value is -5.44. The van der Waals surface area contributed by atoms with E-state index in [1.54, 1.807) is 24.3 Å². The van der Waals surface area contributed by atoms with E-state index in [2.05, 4.69) is 110 Å². The van der Waals surface area contributed by atoms with E-state index in [1.165, 1.54) is 28.9 Å². The van der Waals surface area contributed by atoms with E-state index >= 15 is 0 Å². The lowest BCUT2D eigenvalue weighted by Crippen LogP contribution is -2.64. The number of allylic oxidation sites excluding steroid dienone is 10. The van der Waals surface area contributed by atoms with Crippen LogP contribution in [0.15, 0.2) is 162 Å². The molecular formula is C48H41BF6N2. The number of anilines is 3. The Morgan fingerprint density at radius 2 is 1.35 bits per heavy atom. The second-order valence-corrected chi connectivity index (χ2v) is 16.4. The zero-order valence-electron chi connectivity index (χ0n) is 32.0. The van der Waals surface area contributed by atoms with Crippen molar-refractivity contribution in [3.05, 3.63) is 179 Å². The predicted octanol–water partition coefficient (Wildman–Crippen LogP) is 13.2. The molecule has 0 fully saturated rings. The summed E-state index contributed by atoms with van der Waals surface area (Å²) in [7, 11) is 0. The van der Waals surface area contributed by atoms with Crippen molar-refractivity contribution < 1.29 is 26.3 Å². The van der Waals surface area contributed by atoms with E-state index < -0.39 is 28.8 Å². The molecule has 5 unspecified atom stereocenters. The third-order valence-electron chi connectivity index (χ3n) is 12.7. The van der Waals surface area contributed by atoms with Crippen molar-refractivity contribution in [2.75, 3.05) is 9.80 Å². The molecule has 57 heavy (non-hydrogen) atoms. The molecule has 4 aromatic carbocycles. The van der Waals surface area contributed by atoms with Gasteiger partial charge in [-0.25, -0.2) is 0 Å². The second kappa shape index (κ2) is 13.3. The molecule has 0 N–H and O–H groups in total. The van der Waals surface area contributed by atoms with Crippen molar-refractivity contribution in [1.29, 1.82) is 0 Å². The van der Waals surface area contributed by atoms with E-state index in [4.69, 9.17) is 0 Å². The zero-order chi connectivity index (χ0) is 40.0. The third-order valence-corrected chi connectivity index (χ3v) is 12.7. The number of alkyl halides is 6. The van der Waals surface area contributed by atoms with Gasteiger partial charge in [-0.3, -0.25) is 0 Å². The van der Waals surface area contributed by atoms with Crippen molar-refractivity contribution in [3.8, 4) is 11.1 Å². The highest BCUT2D eigenvalue weighted by molar-refractivity contribution is 6.82. The summed E-state index contributed by atoms with van der Waals surface area (Å²) in [4.78, 5) is 4.76. The molecular weight excluding hydrogens is 729 g/mol. The van der Waals surface area contributed by atoms with Crippen molar-refractivity contribution in [2.24, 2.45) is 5.92 Å². The normalized spacial score (nSPS) is 25.2. The van der Waals surface area contributed by atoms with Crippen LogP contribution in [0, 0.1) is 5.92 Å². The average Bonchev–Trinajstić information content (AvgIpc) is 3.17. The minimum absolute atomic E-state index is 0.00184. The molecule has 5 aliphatic rings. The predicted molar refractivity (Wildman–Crippen MR) is 219 cm³/mol. The van der Waals surface area contributed by atoms with E-state index in [-0.39, 0.29) is 30.4 Å². The quantitative estimate of drug-likeness (QED) is 0.151. The third kappa shape index (κ3) is 6.04. The average molecular weight is 771 g/mol. The first-order chi connectivity index (χ1) is 27.1.